The molecule has 0 aromatic heterocycles. The highest BCUT2D eigenvalue weighted by molar-refractivity contribution is 5.75. The van der Waals surface area contributed by atoms with E-state index in [4.69, 9.17) is 5.26 Å². The van der Waals surface area contributed by atoms with E-state index >= 15 is 0 Å². The molecule has 0 saturated carbocycles. The van der Waals surface area contributed by atoms with Gasteiger partial charge in [-0.15, -0.1) is 0 Å². The van der Waals surface area contributed by atoms with Crippen LogP contribution in [0.5, 0.6) is 0 Å². The Morgan fingerprint density at radius 3 is 2.73 bits per heavy atom. The zero-order chi connectivity index (χ0) is 8.48. The van der Waals surface area contributed by atoms with Gasteiger partial charge in [0.25, 0.3) is 0 Å². The summed E-state index contributed by atoms with van der Waals surface area (Å²) in [6.45, 7) is 4.07. The number of nitrogens with zero attached hydrogens (tertiary/aromatic N) is 2. The van der Waals surface area contributed by atoms with Crippen molar-refractivity contribution in [3.05, 3.63) is 0 Å². The summed E-state index contributed by atoms with van der Waals surface area (Å²) in [5.74, 6) is 0.00606. The van der Waals surface area contributed by atoms with Gasteiger partial charge >= 0.3 is 0 Å². The van der Waals surface area contributed by atoms with Gasteiger partial charge in [0.2, 0.25) is 5.91 Å². The third-order valence-electron chi connectivity index (χ3n) is 2.26. The van der Waals surface area contributed by atoms with Gasteiger partial charge < -0.3 is 4.90 Å². The number of amides is 1. The van der Waals surface area contributed by atoms with E-state index in [1.165, 1.54) is 6.92 Å². The lowest BCUT2D eigenvalue weighted by Crippen LogP contribution is -2.42. The molecule has 0 aromatic carbocycles. The summed E-state index contributed by atoms with van der Waals surface area (Å²) in [6.07, 6.45) is 1.76. The van der Waals surface area contributed by atoms with Crippen LogP contribution in [0.3, 0.4) is 0 Å². The van der Waals surface area contributed by atoms with Gasteiger partial charge in [0.15, 0.2) is 0 Å². The van der Waals surface area contributed by atoms with E-state index < -0.39 is 5.54 Å². The van der Waals surface area contributed by atoms with Crippen LogP contribution in [-0.2, 0) is 4.79 Å². The van der Waals surface area contributed by atoms with Crippen LogP contribution in [0, 0.1) is 11.3 Å². The summed E-state index contributed by atoms with van der Waals surface area (Å²) in [5.41, 5.74) is -0.536. The highest BCUT2D eigenvalue weighted by atomic mass is 16.2. The zero-order valence-electron chi connectivity index (χ0n) is 6.92. The molecule has 3 nitrogen and oxygen atoms in total. The summed E-state index contributed by atoms with van der Waals surface area (Å²) in [5, 5.41) is 8.80. The number of hydrogen-bond acceptors (Lipinski definition) is 2. The van der Waals surface area contributed by atoms with Gasteiger partial charge in [-0.05, 0) is 19.8 Å². The molecule has 1 aliphatic heterocycles. The second-order valence-electron chi connectivity index (χ2n) is 3.16. The van der Waals surface area contributed by atoms with Crippen LogP contribution in [0.4, 0.5) is 0 Å². The molecule has 0 aliphatic carbocycles. The van der Waals surface area contributed by atoms with E-state index in [1.54, 1.807) is 4.90 Å². The molecule has 0 N–H and O–H groups in total. The number of rotatable bonds is 0. The molecule has 3 heteroatoms. The standard InChI is InChI=1S/C8H12N2O/c1-7(11)10-5-3-4-8(10,2)6-9/h3-5H2,1-2H3. The lowest BCUT2D eigenvalue weighted by molar-refractivity contribution is -0.130. The molecular formula is C8H12N2O. The molecule has 60 valence electrons. The minimum atomic E-state index is -0.536. The Kier molecular flexibility index (Phi) is 1.86. The molecule has 1 unspecified atom stereocenters. The summed E-state index contributed by atoms with van der Waals surface area (Å²) in [4.78, 5) is 12.6. The maximum Gasteiger partial charge on any atom is 0.220 e. The molecule has 1 atom stereocenters. The van der Waals surface area contributed by atoms with Gasteiger partial charge in [0.1, 0.15) is 5.54 Å². The van der Waals surface area contributed by atoms with E-state index in [-0.39, 0.29) is 5.91 Å². The monoisotopic (exact) mass is 152 g/mol. The van der Waals surface area contributed by atoms with Crippen molar-refractivity contribution in [2.24, 2.45) is 0 Å². The number of hydrogen-bond donors (Lipinski definition) is 0. The lowest BCUT2D eigenvalue weighted by atomic mass is 10.0. The van der Waals surface area contributed by atoms with Crippen LogP contribution in [0.1, 0.15) is 26.7 Å². The Morgan fingerprint density at radius 2 is 2.36 bits per heavy atom. The van der Waals surface area contributed by atoms with E-state index in [2.05, 4.69) is 6.07 Å². The number of carbonyl (C=O) groups excluding carboxylic acids is 1. The van der Waals surface area contributed by atoms with Crippen LogP contribution in [0.2, 0.25) is 0 Å². The largest absolute Gasteiger partial charge is 0.324 e. The van der Waals surface area contributed by atoms with Crippen molar-refractivity contribution in [3.8, 4) is 6.07 Å². The minimum absolute atomic E-state index is 0.00606. The first-order valence-corrected chi connectivity index (χ1v) is 3.79. The molecular weight excluding hydrogens is 140 g/mol. The maximum absolute atomic E-state index is 11.0. The first kappa shape index (κ1) is 8.06. The summed E-state index contributed by atoms with van der Waals surface area (Å²) < 4.78 is 0. The van der Waals surface area contributed by atoms with E-state index in [0.717, 1.165) is 19.4 Å². The van der Waals surface area contributed by atoms with Gasteiger partial charge in [-0.3, -0.25) is 4.79 Å². The average Bonchev–Trinajstić information content (AvgIpc) is 2.32. The zero-order valence-corrected chi connectivity index (χ0v) is 6.92. The number of nitriles is 1. The topological polar surface area (TPSA) is 44.1 Å². The van der Waals surface area contributed by atoms with Crippen LogP contribution < -0.4 is 0 Å². The second-order valence-corrected chi connectivity index (χ2v) is 3.16. The first-order chi connectivity index (χ1) is 5.10. The Bertz CT molecular complexity index is 219. The predicted molar refractivity (Wildman–Crippen MR) is 40.6 cm³/mol. The van der Waals surface area contributed by atoms with Gasteiger partial charge in [-0.2, -0.15) is 5.26 Å². The number of carbonyl (C=O) groups is 1. The molecule has 0 aromatic rings. The summed E-state index contributed by atoms with van der Waals surface area (Å²) >= 11 is 0. The fraction of sp³-hybridized carbons (Fsp3) is 0.750. The van der Waals surface area contributed by atoms with Gasteiger partial charge in [-0.25, -0.2) is 0 Å². The van der Waals surface area contributed by atoms with Crippen LogP contribution >= 0.6 is 0 Å². The van der Waals surface area contributed by atoms with Crippen molar-refractivity contribution in [2.45, 2.75) is 32.2 Å². The highest BCUT2D eigenvalue weighted by Crippen LogP contribution is 2.27. The Hall–Kier alpha value is -1.04. The fourth-order valence-corrected chi connectivity index (χ4v) is 1.58. The fourth-order valence-electron chi connectivity index (χ4n) is 1.58. The molecule has 0 radical (unpaired) electrons. The molecule has 0 bridgehead atoms. The van der Waals surface area contributed by atoms with Crippen LogP contribution in [0.15, 0.2) is 0 Å². The summed E-state index contributed by atoms with van der Waals surface area (Å²) in [7, 11) is 0. The first-order valence-electron chi connectivity index (χ1n) is 3.79. The van der Waals surface area contributed by atoms with Gasteiger partial charge in [0.05, 0.1) is 6.07 Å². The lowest BCUT2D eigenvalue weighted by Gasteiger charge is -2.27. The molecule has 1 heterocycles. The molecule has 1 amide bonds. The molecule has 1 rings (SSSR count). The minimum Gasteiger partial charge on any atom is -0.324 e. The molecule has 0 spiro atoms. The van der Waals surface area contributed by atoms with Crippen LogP contribution in [0.25, 0.3) is 0 Å². The van der Waals surface area contributed by atoms with E-state index in [1.807, 2.05) is 6.92 Å². The van der Waals surface area contributed by atoms with E-state index in [9.17, 15) is 4.79 Å². The third-order valence-corrected chi connectivity index (χ3v) is 2.26. The SMILES string of the molecule is CC(=O)N1CCCC1(C)C#N. The summed E-state index contributed by atoms with van der Waals surface area (Å²) in [6, 6.07) is 2.18. The van der Waals surface area contributed by atoms with Gasteiger partial charge in [-0.1, -0.05) is 0 Å². The third kappa shape index (κ3) is 1.21. The molecule has 1 aliphatic rings. The highest BCUT2D eigenvalue weighted by Gasteiger charge is 2.37. The Labute approximate surface area is 66.6 Å². The predicted octanol–water partition coefficient (Wildman–Crippen LogP) is 0.911. The Morgan fingerprint density at radius 1 is 1.73 bits per heavy atom. The van der Waals surface area contributed by atoms with Crippen molar-refractivity contribution in [2.75, 3.05) is 6.54 Å². The van der Waals surface area contributed by atoms with Crippen molar-refractivity contribution in [1.29, 1.82) is 5.26 Å². The quantitative estimate of drug-likeness (QED) is 0.518. The Balaban J connectivity index is 2.82. The van der Waals surface area contributed by atoms with Crippen LogP contribution in [-0.4, -0.2) is 22.9 Å². The molecule has 11 heavy (non-hydrogen) atoms. The van der Waals surface area contributed by atoms with Crippen molar-refractivity contribution < 1.29 is 4.79 Å². The molecule has 1 saturated heterocycles. The van der Waals surface area contributed by atoms with Crippen molar-refractivity contribution >= 4 is 5.91 Å². The molecule has 1 fully saturated rings. The second kappa shape index (κ2) is 2.54. The number of likely N-dealkylation sites (tertiary alicyclic amines) is 1. The maximum atomic E-state index is 11.0. The van der Waals surface area contributed by atoms with E-state index in [0.29, 0.717) is 0 Å². The van der Waals surface area contributed by atoms with Gasteiger partial charge in [0, 0.05) is 13.5 Å². The van der Waals surface area contributed by atoms with Crippen molar-refractivity contribution in [1.82, 2.24) is 4.90 Å². The average molecular weight is 152 g/mol. The van der Waals surface area contributed by atoms with Crippen molar-refractivity contribution in [3.63, 3.8) is 0 Å². The smallest absolute Gasteiger partial charge is 0.220 e. The normalized spacial score (nSPS) is 30.1.